The van der Waals surface area contributed by atoms with Gasteiger partial charge in [0.15, 0.2) is 5.11 Å². The van der Waals surface area contributed by atoms with Gasteiger partial charge in [-0.25, -0.2) is 0 Å². The van der Waals surface area contributed by atoms with Crippen LogP contribution in [-0.4, -0.2) is 18.1 Å². The molecule has 108 valence electrons. The highest BCUT2D eigenvalue weighted by Gasteiger charge is 2.09. The average Bonchev–Trinajstić information content (AvgIpc) is 2.48. The van der Waals surface area contributed by atoms with Gasteiger partial charge in [-0.15, -0.1) is 0 Å². The first kappa shape index (κ1) is 15.5. The Morgan fingerprint density at radius 1 is 1.10 bits per heavy atom. The molecule has 2 aromatic carbocycles. The van der Waals surface area contributed by atoms with Gasteiger partial charge in [-0.2, -0.15) is 0 Å². The minimum atomic E-state index is -0.242. The fourth-order valence-electron chi connectivity index (χ4n) is 1.76. The van der Waals surface area contributed by atoms with E-state index in [-0.39, 0.29) is 11.0 Å². The zero-order valence-corrected chi connectivity index (χ0v) is 13.7. The van der Waals surface area contributed by atoms with Crippen molar-refractivity contribution in [2.24, 2.45) is 0 Å². The van der Waals surface area contributed by atoms with Crippen LogP contribution >= 0.6 is 28.1 Å². The summed E-state index contributed by atoms with van der Waals surface area (Å²) in [5, 5.41) is 8.97. The van der Waals surface area contributed by atoms with E-state index in [1.165, 1.54) is 0 Å². The van der Waals surface area contributed by atoms with Crippen molar-refractivity contribution in [2.75, 3.05) is 17.7 Å². The van der Waals surface area contributed by atoms with Crippen LogP contribution in [0.3, 0.4) is 0 Å². The summed E-state index contributed by atoms with van der Waals surface area (Å²) in [4.78, 5) is 12.0. The van der Waals surface area contributed by atoms with E-state index >= 15 is 0 Å². The second-order valence-electron chi connectivity index (χ2n) is 4.21. The summed E-state index contributed by atoms with van der Waals surface area (Å²) in [6.07, 6.45) is 0. The van der Waals surface area contributed by atoms with Crippen molar-refractivity contribution in [2.45, 2.75) is 0 Å². The molecule has 0 unspecified atom stereocenters. The number of hydrogen-bond donors (Lipinski definition) is 3. The van der Waals surface area contributed by atoms with Crippen molar-refractivity contribution < 1.29 is 4.79 Å². The van der Waals surface area contributed by atoms with Gasteiger partial charge in [-0.05, 0) is 42.5 Å². The zero-order valence-electron chi connectivity index (χ0n) is 11.3. The predicted molar refractivity (Wildman–Crippen MR) is 93.8 cm³/mol. The molecule has 2 rings (SSSR count). The second-order valence-corrected chi connectivity index (χ2v) is 5.54. The Bertz CT molecular complexity index is 661. The molecule has 21 heavy (non-hydrogen) atoms. The number of hydrogen-bond acceptors (Lipinski definition) is 3. The number of amides is 1. The molecule has 0 aromatic heterocycles. The number of anilines is 2. The van der Waals surface area contributed by atoms with Crippen LogP contribution in [0.25, 0.3) is 0 Å². The second kappa shape index (κ2) is 7.19. The molecule has 0 saturated carbocycles. The smallest absolute Gasteiger partial charge is 0.257 e. The lowest BCUT2D eigenvalue weighted by Gasteiger charge is -2.13. The largest absolute Gasteiger partial charge is 0.386 e. The minimum Gasteiger partial charge on any atom is -0.386 e. The van der Waals surface area contributed by atoms with E-state index in [1.807, 2.05) is 31.3 Å². The number of carbonyl (C=O) groups excluding carboxylic acids is 1. The highest BCUT2D eigenvalue weighted by atomic mass is 79.9. The minimum absolute atomic E-state index is 0.242. The van der Waals surface area contributed by atoms with Gasteiger partial charge in [-0.1, -0.05) is 34.1 Å². The van der Waals surface area contributed by atoms with E-state index in [0.29, 0.717) is 5.56 Å². The van der Waals surface area contributed by atoms with Gasteiger partial charge in [0.1, 0.15) is 0 Å². The molecule has 0 spiro atoms. The normalized spacial score (nSPS) is 9.81. The highest BCUT2D eigenvalue weighted by Crippen LogP contribution is 2.25. The zero-order chi connectivity index (χ0) is 15.2. The van der Waals surface area contributed by atoms with Gasteiger partial charge in [0.25, 0.3) is 5.91 Å². The van der Waals surface area contributed by atoms with E-state index in [4.69, 9.17) is 12.2 Å². The number of carbonyl (C=O) groups is 1. The molecule has 2 aromatic rings. The van der Waals surface area contributed by atoms with Crippen molar-refractivity contribution in [1.29, 1.82) is 0 Å². The fourth-order valence-corrected chi connectivity index (χ4v) is 2.32. The molecule has 0 radical (unpaired) electrons. The lowest BCUT2D eigenvalue weighted by Crippen LogP contribution is -2.34. The molecule has 6 heteroatoms. The third kappa shape index (κ3) is 4.27. The standard InChI is InChI=1S/C15H14BrN3OS/c1-17-12-8-7-11(16)9-13(12)18-15(21)19-14(20)10-5-3-2-4-6-10/h2-9,17H,1H3,(H2,18,19,20,21). The first-order valence-corrected chi connectivity index (χ1v) is 7.45. The number of halogens is 1. The summed E-state index contributed by atoms with van der Waals surface area (Å²) in [6, 6.07) is 14.6. The number of rotatable bonds is 3. The SMILES string of the molecule is CNc1ccc(Br)cc1NC(=S)NC(=O)c1ccccc1. The summed E-state index contributed by atoms with van der Waals surface area (Å²) in [7, 11) is 1.82. The predicted octanol–water partition coefficient (Wildman–Crippen LogP) is 3.62. The Labute approximate surface area is 137 Å². The first-order valence-electron chi connectivity index (χ1n) is 6.25. The summed E-state index contributed by atoms with van der Waals surface area (Å²) in [5.74, 6) is -0.242. The third-order valence-electron chi connectivity index (χ3n) is 2.76. The lowest BCUT2D eigenvalue weighted by atomic mass is 10.2. The Kier molecular flexibility index (Phi) is 5.30. The molecule has 0 aliphatic carbocycles. The van der Waals surface area contributed by atoms with Crippen LogP contribution in [0.15, 0.2) is 53.0 Å². The van der Waals surface area contributed by atoms with E-state index in [1.54, 1.807) is 24.3 Å². The van der Waals surface area contributed by atoms with Gasteiger partial charge in [0.2, 0.25) is 0 Å². The van der Waals surface area contributed by atoms with Gasteiger partial charge >= 0.3 is 0 Å². The van der Waals surface area contributed by atoms with Gasteiger partial charge in [-0.3, -0.25) is 10.1 Å². The van der Waals surface area contributed by atoms with Crippen LogP contribution in [0.1, 0.15) is 10.4 Å². The lowest BCUT2D eigenvalue weighted by molar-refractivity contribution is 0.0978. The van der Waals surface area contributed by atoms with E-state index < -0.39 is 0 Å². The Balaban J connectivity index is 2.05. The highest BCUT2D eigenvalue weighted by molar-refractivity contribution is 9.10. The number of nitrogens with one attached hydrogen (secondary N) is 3. The molecule has 0 aliphatic rings. The maximum atomic E-state index is 12.0. The topological polar surface area (TPSA) is 53.2 Å². The molecule has 0 saturated heterocycles. The molecule has 3 N–H and O–H groups in total. The number of benzene rings is 2. The maximum absolute atomic E-state index is 12.0. The molecule has 0 heterocycles. The van der Waals surface area contributed by atoms with Crippen molar-refractivity contribution in [3.8, 4) is 0 Å². The molecular formula is C15H14BrN3OS. The van der Waals surface area contributed by atoms with Crippen molar-refractivity contribution in [1.82, 2.24) is 5.32 Å². The Morgan fingerprint density at radius 3 is 2.48 bits per heavy atom. The molecule has 0 bridgehead atoms. The molecule has 0 atom stereocenters. The summed E-state index contributed by atoms with van der Waals surface area (Å²) < 4.78 is 0.918. The Hall–Kier alpha value is -1.92. The van der Waals surface area contributed by atoms with Crippen molar-refractivity contribution in [3.05, 3.63) is 58.6 Å². The Morgan fingerprint density at radius 2 is 1.81 bits per heavy atom. The first-order chi connectivity index (χ1) is 10.1. The van der Waals surface area contributed by atoms with E-state index in [9.17, 15) is 4.79 Å². The number of thiocarbonyl (C=S) groups is 1. The third-order valence-corrected chi connectivity index (χ3v) is 3.46. The average molecular weight is 364 g/mol. The maximum Gasteiger partial charge on any atom is 0.257 e. The van der Waals surface area contributed by atoms with Crippen LogP contribution in [-0.2, 0) is 0 Å². The van der Waals surface area contributed by atoms with Crippen LogP contribution < -0.4 is 16.0 Å². The van der Waals surface area contributed by atoms with Gasteiger partial charge in [0, 0.05) is 17.1 Å². The van der Waals surface area contributed by atoms with E-state index in [2.05, 4.69) is 31.9 Å². The van der Waals surface area contributed by atoms with Crippen LogP contribution in [0.4, 0.5) is 11.4 Å². The molecule has 0 fully saturated rings. The van der Waals surface area contributed by atoms with Crippen LogP contribution in [0.2, 0.25) is 0 Å². The molecule has 0 aliphatic heterocycles. The summed E-state index contributed by atoms with van der Waals surface area (Å²) >= 11 is 8.58. The van der Waals surface area contributed by atoms with Gasteiger partial charge in [0.05, 0.1) is 11.4 Å². The summed E-state index contributed by atoms with van der Waals surface area (Å²) in [6.45, 7) is 0. The monoisotopic (exact) mass is 363 g/mol. The molecule has 1 amide bonds. The molecule has 4 nitrogen and oxygen atoms in total. The fraction of sp³-hybridized carbons (Fsp3) is 0.0667. The van der Waals surface area contributed by atoms with Crippen LogP contribution in [0, 0.1) is 0 Å². The van der Waals surface area contributed by atoms with Crippen molar-refractivity contribution >= 4 is 50.5 Å². The summed E-state index contributed by atoms with van der Waals surface area (Å²) in [5.41, 5.74) is 2.23. The van der Waals surface area contributed by atoms with Crippen molar-refractivity contribution in [3.63, 3.8) is 0 Å². The van der Waals surface area contributed by atoms with Gasteiger partial charge < -0.3 is 10.6 Å². The quantitative estimate of drug-likeness (QED) is 0.729. The van der Waals surface area contributed by atoms with Crippen LogP contribution in [0.5, 0.6) is 0 Å². The van der Waals surface area contributed by atoms with E-state index in [0.717, 1.165) is 15.8 Å². The molecular weight excluding hydrogens is 350 g/mol.